The highest BCUT2D eigenvalue weighted by Gasteiger charge is 2.66. The fourth-order valence-corrected chi connectivity index (χ4v) is 7.86. The number of aliphatic hydroxyl groups is 1. The second-order valence-electron chi connectivity index (χ2n) is 12.6. The van der Waals surface area contributed by atoms with Gasteiger partial charge in [0.2, 0.25) is 11.8 Å². The molecular weight excluding hydrogens is 666 g/mol. The van der Waals surface area contributed by atoms with Gasteiger partial charge in [-0.3, -0.25) is 23.2 Å². The van der Waals surface area contributed by atoms with E-state index in [4.69, 9.17) is 36.8 Å². The number of anilines is 1. The van der Waals surface area contributed by atoms with Crippen molar-refractivity contribution in [1.29, 1.82) is 0 Å². The number of benzene rings is 2. The summed E-state index contributed by atoms with van der Waals surface area (Å²) in [5.74, 6) is -3.35. The first-order valence-electron chi connectivity index (χ1n) is 15.1. The van der Waals surface area contributed by atoms with Crippen LogP contribution in [-0.2, 0) is 33.1 Å². The van der Waals surface area contributed by atoms with Gasteiger partial charge in [-0.25, -0.2) is 13.3 Å². The maximum Gasteiger partial charge on any atom is 0.474 e. The fourth-order valence-electron chi connectivity index (χ4n) is 6.30. The largest absolute Gasteiger partial charge is 0.474 e. The molecule has 0 bridgehead atoms. The van der Waals surface area contributed by atoms with Gasteiger partial charge in [-0.05, 0) is 67.5 Å². The van der Waals surface area contributed by atoms with Crippen LogP contribution in [0.15, 0.2) is 30.3 Å². The van der Waals surface area contributed by atoms with Gasteiger partial charge in [0, 0.05) is 24.2 Å². The van der Waals surface area contributed by atoms with Crippen LogP contribution in [0.3, 0.4) is 0 Å². The highest BCUT2D eigenvalue weighted by molar-refractivity contribution is 7.48. The molecule has 2 amide bonds. The van der Waals surface area contributed by atoms with Crippen LogP contribution in [-0.4, -0.2) is 61.5 Å². The van der Waals surface area contributed by atoms with Gasteiger partial charge >= 0.3 is 7.82 Å². The van der Waals surface area contributed by atoms with Crippen LogP contribution in [0, 0.1) is 17.0 Å². The maximum atomic E-state index is 15.1. The normalized spacial score (nSPS) is 23.4. The van der Waals surface area contributed by atoms with Gasteiger partial charge in [0.05, 0.1) is 42.0 Å². The molecule has 0 aliphatic carbocycles. The van der Waals surface area contributed by atoms with Crippen molar-refractivity contribution in [2.45, 2.75) is 77.0 Å². The standard InChI is InChI=1S/C31H40Cl2F2N3O7P/c1-6-43-46(42,44-7-2)45-16-18(39)10-11-36-28(40)27-26(17-8-9-22(34)20(32)12-17)31(25(38-27)15-30(3,4)5)19-13-23(35)21(33)14-24(19)37-29(31)41/h8-9,12-14,18,25-27,38-39H,6-7,10-11,15-16H2,1-5H3,(H,36,40)(H,37,41)/t18-,25+,26-,27+,31-/m0/s1. The number of fused-ring (bicyclic) bond motifs is 2. The number of halogens is 4. The van der Waals surface area contributed by atoms with E-state index in [1.54, 1.807) is 13.8 Å². The van der Waals surface area contributed by atoms with Gasteiger partial charge in [-0.15, -0.1) is 0 Å². The Kier molecular flexibility index (Phi) is 11.6. The van der Waals surface area contributed by atoms with Gasteiger partial charge in [0.25, 0.3) is 0 Å². The Morgan fingerprint density at radius 1 is 1.09 bits per heavy atom. The van der Waals surface area contributed by atoms with Crippen molar-refractivity contribution in [3.8, 4) is 0 Å². The first kappa shape index (κ1) is 36.7. The van der Waals surface area contributed by atoms with Crippen molar-refractivity contribution >= 4 is 48.5 Å². The predicted octanol–water partition coefficient (Wildman–Crippen LogP) is 6.09. The Hall–Kier alpha value is -2.15. The molecule has 46 heavy (non-hydrogen) atoms. The molecule has 15 heteroatoms. The molecule has 2 aromatic carbocycles. The molecule has 2 aromatic rings. The molecule has 2 aliphatic rings. The number of amides is 2. The van der Waals surface area contributed by atoms with Crippen molar-refractivity contribution in [1.82, 2.24) is 10.6 Å². The lowest BCUT2D eigenvalue weighted by atomic mass is 9.62. The highest BCUT2D eigenvalue weighted by atomic mass is 35.5. The minimum Gasteiger partial charge on any atom is -0.391 e. The monoisotopic (exact) mass is 705 g/mol. The first-order chi connectivity index (χ1) is 21.6. The molecule has 0 aromatic heterocycles. The molecule has 5 atom stereocenters. The summed E-state index contributed by atoms with van der Waals surface area (Å²) in [5.41, 5.74) is -0.825. The van der Waals surface area contributed by atoms with E-state index in [0.29, 0.717) is 23.2 Å². The van der Waals surface area contributed by atoms with Gasteiger partial charge in [-0.2, -0.15) is 0 Å². The minimum absolute atomic E-state index is 0.0179. The molecule has 1 saturated heterocycles. The number of carbonyl (C=O) groups excluding carboxylic acids is 2. The summed E-state index contributed by atoms with van der Waals surface area (Å²) in [5, 5.41) is 19.1. The van der Waals surface area contributed by atoms with Crippen LogP contribution < -0.4 is 16.0 Å². The Morgan fingerprint density at radius 3 is 2.35 bits per heavy atom. The second kappa shape index (κ2) is 14.5. The van der Waals surface area contributed by atoms with Crippen molar-refractivity contribution < 1.29 is 41.6 Å². The van der Waals surface area contributed by atoms with E-state index in [0.717, 1.165) is 6.07 Å². The number of phosphoric acid groups is 1. The summed E-state index contributed by atoms with van der Waals surface area (Å²) in [7, 11) is -3.84. The van der Waals surface area contributed by atoms with E-state index in [1.807, 2.05) is 20.8 Å². The molecule has 1 fully saturated rings. The van der Waals surface area contributed by atoms with E-state index in [9.17, 15) is 23.7 Å². The van der Waals surface area contributed by atoms with Crippen LogP contribution in [0.5, 0.6) is 0 Å². The van der Waals surface area contributed by atoms with E-state index in [2.05, 4.69) is 16.0 Å². The number of phosphoric ester groups is 1. The number of hydrogen-bond acceptors (Lipinski definition) is 8. The van der Waals surface area contributed by atoms with Gasteiger partial charge in [-0.1, -0.05) is 50.0 Å². The van der Waals surface area contributed by atoms with Gasteiger partial charge in [0.15, 0.2) is 0 Å². The topological polar surface area (TPSA) is 135 Å². The number of aliphatic hydroxyl groups excluding tert-OH is 1. The van der Waals surface area contributed by atoms with Crippen molar-refractivity contribution in [3.63, 3.8) is 0 Å². The summed E-state index contributed by atoms with van der Waals surface area (Å²) in [6.45, 7) is 8.97. The zero-order valence-corrected chi connectivity index (χ0v) is 28.7. The van der Waals surface area contributed by atoms with Crippen LogP contribution in [0.25, 0.3) is 0 Å². The van der Waals surface area contributed by atoms with Crippen molar-refractivity contribution in [2.24, 2.45) is 5.41 Å². The molecule has 0 radical (unpaired) electrons. The zero-order chi connectivity index (χ0) is 34.0. The molecular formula is C31H40Cl2F2N3O7P. The van der Waals surface area contributed by atoms with Gasteiger partial charge < -0.3 is 21.1 Å². The predicted molar refractivity (Wildman–Crippen MR) is 171 cm³/mol. The molecule has 2 aliphatic heterocycles. The van der Waals surface area contributed by atoms with E-state index >= 15 is 4.39 Å². The Balaban J connectivity index is 1.67. The van der Waals surface area contributed by atoms with Crippen LogP contribution in [0.4, 0.5) is 14.5 Å². The van der Waals surface area contributed by atoms with Crippen LogP contribution in [0.2, 0.25) is 10.0 Å². The molecule has 0 saturated carbocycles. The lowest BCUT2D eigenvalue weighted by Gasteiger charge is -2.37. The summed E-state index contributed by atoms with van der Waals surface area (Å²) >= 11 is 12.3. The summed E-state index contributed by atoms with van der Waals surface area (Å²) in [6, 6.07) is 4.81. The van der Waals surface area contributed by atoms with E-state index < -0.39 is 60.8 Å². The third kappa shape index (κ3) is 7.60. The SMILES string of the molecule is CCOP(=O)(OCC)OC[C@@H](O)CCNC(=O)[C@@H]1N[C@H](CC(C)(C)C)[C@]2(C(=O)Nc3cc(Cl)c(F)cc32)[C@H]1c1ccc(F)c(Cl)c1. The third-order valence-corrected chi connectivity index (χ3v) is 10.3. The number of rotatable bonds is 13. The molecule has 4 rings (SSSR count). The van der Waals surface area contributed by atoms with E-state index in [-0.39, 0.29) is 48.2 Å². The maximum absolute atomic E-state index is 15.1. The highest BCUT2D eigenvalue weighted by Crippen LogP contribution is 2.57. The smallest absolute Gasteiger partial charge is 0.391 e. The zero-order valence-electron chi connectivity index (χ0n) is 26.3. The lowest BCUT2D eigenvalue weighted by Crippen LogP contribution is -2.49. The van der Waals surface area contributed by atoms with Crippen LogP contribution in [0.1, 0.15) is 64.5 Å². The average Bonchev–Trinajstić information content (AvgIpc) is 3.43. The van der Waals surface area contributed by atoms with Crippen molar-refractivity contribution in [3.05, 3.63) is 63.1 Å². The van der Waals surface area contributed by atoms with Crippen LogP contribution >= 0.6 is 31.0 Å². The molecule has 0 unspecified atom stereocenters. The molecule has 4 N–H and O–H groups in total. The number of carbonyl (C=O) groups is 2. The van der Waals surface area contributed by atoms with Gasteiger partial charge in [0.1, 0.15) is 17.0 Å². The number of nitrogens with one attached hydrogen (secondary N) is 3. The Labute approximate surface area is 277 Å². The second-order valence-corrected chi connectivity index (χ2v) is 15.0. The van der Waals surface area contributed by atoms with Crippen molar-refractivity contribution in [2.75, 3.05) is 31.7 Å². The molecule has 10 nitrogen and oxygen atoms in total. The minimum atomic E-state index is -3.84. The third-order valence-electron chi connectivity index (χ3n) is 8.06. The summed E-state index contributed by atoms with van der Waals surface area (Å²) in [6.07, 6.45) is -0.708. The summed E-state index contributed by atoms with van der Waals surface area (Å²) < 4.78 is 57.3. The Bertz CT molecular complexity index is 1500. The average molecular weight is 707 g/mol. The fraction of sp³-hybridized carbons (Fsp3) is 0.548. The van der Waals surface area contributed by atoms with E-state index in [1.165, 1.54) is 24.3 Å². The molecule has 2 heterocycles. The summed E-state index contributed by atoms with van der Waals surface area (Å²) in [4.78, 5) is 28.1. The lowest BCUT2D eigenvalue weighted by molar-refractivity contribution is -0.124. The number of hydrogen-bond donors (Lipinski definition) is 4. The molecule has 254 valence electrons. The quantitative estimate of drug-likeness (QED) is 0.184. The first-order valence-corrected chi connectivity index (χ1v) is 17.3. The molecule has 1 spiro atoms. The Morgan fingerprint density at radius 2 is 1.74 bits per heavy atom.